The molecule has 0 bridgehead atoms. The van der Waals surface area contributed by atoms with E-state index in [9.17, 15) is 9.59 Å². The maximum Gasteiger partial charge on any atom is 0.335 e. The van der Waals surface area contributed by atoms with Crippen LogP contribution < -0.4 is 10.2 Å². The van der Waals surface area contributed by atoms with Crippen molar-refractivity contribution in [3.8, 4) is 5.75 Å². The number of esters is 1. The van der Waals surface area contributed by atoms with E-state index in [0.29, 0.717) is 22.9 Å². The van der Waals surface area contributed by atoms with Crippen molar-refractivity contribution in [2.24, 2.45) is 0 Å². The molecule has 0 saturated carbocycles. The first-order valence-electron chi connectivity index (χ1n) is 6.96. The highest BCUT2D eigenvalue weighted by Crippen LogP contribution is 2.30. The Morgan fingerprint density at radius 2 is 2.00 bits per heavy atom. The number of hydrogen-bond donors (Lipinski definition) is 0. The largest absolute Gasteiger partial charge is 0.423 e. The van der Waals surface area contributed by atoms with E-state index < -0.39 is 5.97 Å². The lowest BCUT2D eigenvalue weighted by Gasteiger charge is -2.09. The highest BCUT2D eigenvalue weighted by Gasteiger charge is 2.12. The molecule has 22 heavy (non-hydrogen) atoms. The van der Waals surface area contributed by atoms with Gasteiger partial charge in [0.15, 0.2) is 5.43 Å². The fourth-order valence-corrected chi connectivity index (χ4v) is 3.51. The van der Waals surface area contributed by atoms with Gasteiger partial charge in [-0.3, -0.25) is 4.79 Å². The molecule has 0 fully saturated rings. The minimum absolute atomic E-state index is 0.0390. The molecule has 0 aliphatic carbocycles. The van der Waals surface area contributed by atoms with E-state index in [2.05, 4.69) is 6.58 Å². The van der Waals surface area contributed by atoms with Gasteiger partial charge in [0, 0.05) is 26.2 Å². The van der Waals surface area contributed by atoms with E-state index in [4.69, 9.17) is 4.74 Å². The van der Waals surface area contributed by atoms with Crippen LogP contribution in [0.2, 0.25) is 0 Å². The number of carbonyl (C=O) groups is 1. The lowest BCUT2D eigenvalue weighted by Crippen LogP contribution is -2.07. The van der Waals surface area contributed by atoms with Crippen molar-refractivity contribution in [3.63, 3.8) is 0 Å². The molecule has 0 spiro atoms. The van der Waals surface area contributed by atoms with Crippen LogP contribution in [-0.2, 0) is 11.2 Å². The van der Waals surface area contributed by atoms with Gasteiger partial charge >= 0.3 is 5.97 Å². The summed E-state index contributed by atoms with van der Waals surface area (Å²) in [6, 6.07) is 11.1. The Hall–Kier alpha value is -2.46. The zero-order chi connectivity index (χ0) is 15.7. The van der Waals surface area contributed by atoms with Crippen LogP contribution in [0.15, 0.2) is 53.8 Å². The fourth-order valence-electron chi connectivity index (χ4n) is 2.39. The van der Waals surface area contributed by atoms with Gasteiger partial charge in [-0.15, -0.1) is 11.3 Å². The SMILES string of the molecule is C=CC(=O)Oc1cc2c(=O)c3ccccc3sc2cc1CC. The quantitative estimate of drug-likeness (QED) is 0.317. The van der Waals surface area contributed by atoms with Crippen molar-refractivity contribution in [3.05, 3.63) is 64.8 Å². The molecule has 3 nitrogen and oxygen atoms in total. The molecule has 0 atom stereocenters. The summed E-state index contributed by atoms with van der Waals surface area (Å²) in [6.45, 7) is 5.38. The van der Waals surface area contributed by atoms with Crippen LogP contribution in [0.3, 0.4) is 0 Å². The van der Waals surface area contributed by atoms with E-state index in [1.54, 1.807) is 17.4 Å². The van der Waals surface area contributed by atoms with Gasteiger partial charge in [-0.1, -0.05) is 25.6 Å². The van der Waals surface area contributed by atoms with Crippen LogP contribution in [0.25, 0.3) is 20.2 Å². The molecule has 0 amide bonds. The molecule has 0 saturated heterocycles. The highest BCUT2D eigenvalue weighted by molar-refractivity contribution is 7.24. The molecule has 0 aliphatic rings. The molecule has 110 valence electrons. The third-order valence-electron chi connectivity index (χ3n) is 3.52. The van der Waals surface area contributed by atoms with Crippen LogP contribution >= 0.6 is 11.3 Å². The molecule has 0 unspecified atom stereocenters. The number of ether oxygens (including phenoxy) is 1. The van der Waals surface area contributed by atoms with E-state index in [1.807, 2.05) is 37.3 Å². The van der Waals surface area contributed by atoms with Gasteiger partial charge in [-0.2, -0.15) is 0 Å². The predicted octanol–water partition coefficient (Wildman–Crippen LogP) is 4.07. The van der Waals surface area contributed by atoms with E-state index >= 15 is 0 Å². The monoisotopic (exact) mass is 310 g/mol. The Labute approximate surface area is 131 Å². The van der Waals surface area contributed by atoms with Crippen molar-refractivity contribution >= 4 is 37.5 Å². The van der Waals surface area contributed by atoms with Gasteiger partial charge in [0.05, 0.1) is 0 Å². The van der Waals surface area contributed by atoms with Crippen LogP contribution in [0.1, 0.15) is 12.5 Å². The van der Waals surface area contributed by atoms with Gasteiger partial charge < -0.3 is 4.74 Å². The standard InChI is InChI=1S/C18H14O3S/c1-3-11-9-16-13(10-14(11)21-17(19)4-2)18(20)12-7-5-6-8-15(12)22-16/h4-10H,2-3H2,1H3. The number of carbonyl (C=O) groups excluding carboxylic acids is 1. The normalized spacial score (nSPS) is 10.8. The Morgan fingerprint density at radius 1 is 1.23 bits per heavy atom. The van der Waals surface area contributed by atoms with Crippen LogP contribution in [0.4, 0.5) is 0 Å². The van der Waals surface area contributed by atoms with Gasteiger partial charge in [0.2, 0.25) is 0 Å². The number of benzene rings is 2. The summed E-state index contributed by atoms with van der Waals surface area (Å²) < 4.78 is 7.13. The summed E-state index contributed by atoms with van der Waals surface area (Å²) in [6.07, 6.45) is 1.83. The molecule has 2 aromatic carbocycles. The third kappa shape index (κ3) is 2.42. The maximum absolute atomic E-state index is 12.6. The Balaban J connectivity index is 2.33. The van der Waals surface area contributed by atoms with Crippen molar-refractivity contribution in [1.29, 1.82) is 0 Å². The minimum Gasteiger partial charge on any atom is -0.423 e. The number of fused-ring (bicyclic) bond motifs is 2. The summed E-state index contributed by atoms with van der Waals surface area (Å²) in [4.78, 5) is 24.1. The molecular weight excluding hydrogens is 296 g/mol. The number of rotatable bonds is 3. The van der Waals surface area contributed by atoms with Gasteiger partial charge in [-0.25, -0.2) is 4.79 Å². The van der Waals surface area contributed by atoms with E-state index in [1.165, 1.54) is 0 Å². The van der Waals surface area contributed by atoms with Crippen molar-refractivity contribution < 1.29 is 9.53 Å². The third-order valence-corrected chi connectivity index (χ3v) is 4.65. The molecule has 1 aromatic heterocycles. The fraction of sp³-hybridized carbons (Fsp3) is 0.111. The topological polar surface area (TPSA) is 43.4 Å². The summed E-state index contributed by atoms with van der Waals surface area (Å²) in [7, 11) is 0. The predicted molar refractivity (Wildman–Crippen MR) is 90.8 cm³/mol. The number of hydrogen-bond acceptors (Lipinski definition) is 4. The van der Waals surface area contributed by atoms with Crippen molar-refractivity contribution in [2.45, 2.75) is 13.3 Å². The Morgan fingerprint density at radius 3 is 2.73 bits per heavy atom. The first kappa shape index (κ1) is 14.5. The van der Waals surface area contributed by atoms with Gasteiger partial charge in [0.1, 0.15) is 5.75 Å². The second-order valence-corrected chi connectivity index (χ2v) is 5.95. The molecule has 0 radical (unpaired) electrons. The molecule has 3 aromatic rings. The molecule has 0 N–H and O–H groups in total. The lowest BCUT2D eigenvalue weighted by molar-refractivity contribution is -0.129. The molecule has 0 aliphatic heterocycles. The van der Waals surface area contributed by atoms with Gasteiger partial charge in [-0.05, 0) is 36.2 Å². The second-order valence-electron chi connectivity index (χ2n) is 4.86. The van der Waals surface area contributed by atoms with Crippen LogP contribution in [0, 0.1) is 0 Å². The highest BCUT2D eigenvalue weighted by atomic mass is 32.1. The maximum atomic E-state index is 12.6. The molecule has 3 rings (SSSR count). The van der Waals surface area contributed by atoms with Crippen LogP contribution in [0.5, 0.6) is 5.75 Å². The average Bonchev–Trinajstić information content (AvgIpc) is 2.55. The van der Waals surface area contributed by atoms with E-state index in [0.717, 1.165) is 21.0 Å². The lowest BCUT2D eigenvalue weighted by atomic mass is 10.1. The zero-order valence-electron chi connectivity index (χ0n) is 12.1. The van der Waals surface area contributed by atoms with Crippen LogP contribution in [-0.4, -0.2) is 5.97 Å². The van der Waals surface area contributed by atoms with Crippen molar-refractivity contribution in [2.75, 3.05) is 0 Å². The smallest absolute Gasteiger partial charge is 0.335 e. The van der Waals surface area contributed by atoms with E-state index in [-0.39, 0.29) is 5.43 Å². The Bertz CT molecular complexity index is 954. The summed E-state index contributed by atoms with van der Waals surface area (Å²) in [5, 5.41) is 1.26. The first-order valence-corrected chi connectivity index (χ1v) is 7.78. The number of aryl methyl sites for hydroxylation is 1. The van der Waals surface area contributed by atoms with Crippen molar-refractivity contribution in [1.82, 2.24) is 0 Å². The molecule has 4 heteroatoms. The second kappa shape index (κ2) is 5.73. The first-order chi connectivity index (χ1) is 10.6. The summed E-state index contributed by atoms with van der Waals surface area (Å²) >= 11 is 1.57. The average molecular weight is 310 g/mol. The zero-order valence-corrected chi connectivity index (χ0v) is 12.9. The van der Waals surface area contributed by atoms with Gasteiger partial charge in [0.25, 0.3) is 0 Å². The molecule has 1 heterocycles. The summed E-state index contributed by atoms with van der Waals surface area (Å²) in [5.74, 6) is -0.0922. The minimum atomic E-state index is -0.522. The summed E-state index contributed by atoms with van der Waals surface area (Å²) in [5.41, 5.74) is 0.858. The molecular formula is C18H14O3S. The Kier molecular flexibility index (Phi) is 3.77.